The van der Waals surface area contributed by atoms with Crippen LogP contribution in [0, 0.1) is 10.1 Å². The van der Waals surface area contributed by atoms with E-state index in [9.17, 15) is 10.1 Å². The first kappa shape index (κ1) is 14.5. The van der Waals surface area contributed by atoms with E-state index in [0.717, 1.165) is 12.1 Å². The van der Waals surface area contributed by atoms with Gasteiger partial charge in [0.25, 0.3) is 5.69 Å². The highest BCUT2D eigenvalue weighted by Gasteiger charge is 2.11. The normalized spacial score (nSPS) is 10.8. The standard InChI is InChI=1S/C15H15ClN2O2/c1-17(10-12-5-3-2-4-6-12)11-13-9-14(18(19)20)7-8-15(13)16/h2-9H,10-11H2,1H3. The van der Waals surface area contributed by atoms with Crippen molar-refractivity contribution in [1.82, 2.24) is 4.90 Å². The number of non-ortho nitro benzene ring substituents is 1. The van der Waals surface area contributed by atoms with Gasteiger partial charge in [-0.15, -0.1) is 0 Å². The molecule has 0 amide bonds. The van der Waals surface area contributed by atoms with E-state index < -0.39 is 4.92 Å². The van der Waals surface area contributed by atoms with Gasteiger partial charge in [0.1, 0.15) is 0 Å². The van der Waals surface area contributed by atoms with E-state index in [4.69, 9.17) is 11.6 Å². The zero-order valence-electron chi connectivity index (χ0n) is 11.1. The van der Waals surface area contributed by atoms with E-state index in [1.165, 1.54) is 17.7 Å². The lowest BCUT2D eigenvalue weighted by molar-refractivity contribution is -0.384. The van der Waals surface area contributed by atoms with Gasteiger partial charge in [0.2, 0.25) is 0 Å². The first-order valence-electron chi connectivity index (χ1n) is 6.21. The topological polar surface area (TPSA) is 46.4 Å². The van der Waals surface area contributed by atoms with E-state index in [2.05, 4.69) is 4.90 Å². The fourth-order valence-corrected chi connectivity index (χ4v) is 2.21. The molecule has 0 bridgehead atoms. The average molecular weight is 291 g/mol. The summed E-state index contributed by atoms with van der Waals surface area (Å²) < 4.78 is 0. The molecule has 0 spiro atoms. The molecule has 2 rings (SSSR count). The van der Waals surface area contributed by atoms with Crippen molar-refractivity contribution in [3.8, 4) is 0 Å². The first-order chi connectivity index (χ1) is 9.56. The van der Waals surface area contributed by atoms with Crippen LogP contribution >= 0.6 is 11.6 Å². The number of nitro benzene ring substituents is 1. The zero-order valence-corrected chi connectivity index (χ0v) is 11.9. The molecule has 0 aromatic heterocycles. The van der Waals surface area contributed by atoms with Crippen molar-refractivity contribution >= 4 is 17.3 Å². The Balaban J connectivity index is 2.09. The number of rotatable bonds is 5. The molecule has 0 fully saturated rings. The summed E-state index contributed by atoms with van der Waals surface area (Å²) in [6.07, 6.45) is 0. The Labute approximate surface area is 122 Å². The lowest BCUT2D eigenvalue weighted by Crippen LogP contribution is -2.17. The molecule has 2 aromatic carbocycles. The van der Waals surface area contributed by atoms with Gasteiger partial charge in [0.05, 0.1) is 4.92 Å². The van der Waals surface area contributed by atoms with E-state index in [1.807, 2.05) is 37.4 Å². The summed E-state index contributed by atoms with van der Waals surface area (Å²) in [6.45, 7) is 1.33. The Bertz CT molecular complexity index is 602. The van der Waals surface area contributed by atoms with Gasteiger partial charge in [-0.3, -0.25) is 15.0 Å². The Morgan fingerprint density at radius 1 is 1.15 bits per heavy atom. The predicted octanol–water partition coefficient (Wildman–Crippen LogP) is 3.88. The van der Waals surface area contributed by atoms with Crippen LogP contribution in [0.3, 0.4) is 0 Å². The Hall–Kier alpha value is -1.91. The minimum Gasteiger partial charge on any atom is -0.298 e. The fourth-order valence-electron chi connectivity index (χ4n) is 2.04. The molecular weight excluding hydrogens is 276 g/mol. The highest BCUT2D eigenvalue weighted by molar-refractivity contribution is 6.31. The molecule has 0 saturated heterocycles. The summed E-state index contributed by atoms with van der Waals surface area (Å²) in [5.41, 5.74) is 2.02. The number of halogens is 1. The van der Waals surface area contributed by atoms with Crippen molar-refractivity contribution < 1.29 is 4.92 Å². The number of nitro groups is 1. The van der Waals surface area contributed by atoms with Gasteiger partial charge < -0.3 is 0 Å². The van der Waals surface area contributed by atoms with Crippen molar-refractivity contribution in [2.24, 2.45) is 0 Å². The van der Waals surface area contributed by atoms with E-state index in [0.29, 0.717) is 11.6 Å². The van der Waals surface area contributed by atoms with Crippen LogP contribution in [-0.4, -0.2) is 16.9 Å². The fraction of sp³-hybridized carbons (Fsp3) is 0.200. The summed E-state index contributed by atoms with van der Waals surface area (Å²) in [6, 6.07) is 14.6. The van der Waals surface area contributed by atoms with Gasteiger partial charge >= 0.3 is 0 Å². The molecule has 4 nitrogen and oxygen atoms in total. The second-order valence-electron chi connectivity index (χ2n) is 4.69. The third-order valence-electron chi connectivity index (χ3n) is 2.98. The molecular formula is C15H15ClN2O2. The molecule has 0 aliphatic heterocycles. The molecule has 0 unspecified atom stereocenters. The monoisotopic (exact) mass is 290 g/mol. The largest absolute Gasteiger partial charge is 0.298 e. The van der Waals surface area contributed by atoms with Gasteiger partial charge in [-0.05, 0) is 24.2 Å². The maximum Gasteiger partial charge on any atom is 0.269 e. The number of benzene rings is 2. The summed E-state index contributed by atoms with van der Waals surface area (Å²) >= 11 is 6.10. The zero-order chi connectivity index (χ0) is 14.5. The number of nitrogens with zero attached hydrogens (tertiary/aromatic N) is 2. The highest BCUT2D eigenvalue weighted by Crippen LogP contribution is 2.23. The maximum atomic E-state index is 10.8. The van der Waals surface area contributed by atoms with Crippen molar-refractivity contribution in [2.75, 3.05) is 7.05 Å². The van der Waals surface area contributed by atoms with Crippen molar-refractivity contribution in [3.05, 3.63) is 74.8 Å². The van der Waals surface area contributed by atoms with E-state index >= 15 is 0 Å². The van der Waals surface area contributed by atoms with Crippen LogP contribution in [0.2, 0.25) is 5.02 Å². The van der Waals surface area contributed by atoms with Gasteiger partial charge in [-0.2, -0.15) is 0 Å². The van der Waals surface area contributed by atoms with Crippen LogP contribution in [0.1, 0.15) is 11.1 Å². The summed E-state index contributed by atoms with van der Waals surface area (Å²) in [7, 11) is 1.96. The molecule has 20 heavy (non-hydrogen) atoms. The Morgan fingerprint density at radius 3 is 2.50 bits per heavy atom. The van der Waals surface area contributed by atoms with Crippen molar-refractivity contribution in [2.45, 2.75) is 13.1 Å². The number of hydrogen-bond donors (Lipinski definition) is 0. The molecule has 0 saturated carbocycles. The summed E-state index contributed by atoms with van der Waals surface area (Å²) in [5, 5.41) is 11.3. The lowest BCUT2D eigenvalue weighted by atomic mass is 10.1. The third kappa shape index (κ3) is 3.79. The van der Waals surface area contributed by atoms with Crippen molar-refractivity contribution in [1.29, 1.82) is 0 Å². The second kappa shape index (κ2) is 6.50. The van der Waals surface area contributed by atoms with Crippen molar-refractivity contribution in [3.63, 3.8) is 0 Å². The predicted molar refractivity (Wildman–Crippen MR) is 79.7 cm³/mol. The molecule has 0 aliphatic rings. The molecule has 0 aliphatic carbocycles. The minimum atomic E-state index is -0.406. The first-order valence-corrected chi connectivity index (χ1v) is 6.59. The Morgan fingerprint density at radius 2 is 1.85 bits per heavy atom. The van der Waals surface area contributed by atoms with Gasteiger partial charge in [0, 0.05) is 30.2 Å². The quantitative estimate of drug-likeness (QED) is 0.620. The van der Waals surface area contributed by atoms with Crippen LogP contribution in [0.15, 0.2) is 48.5 Å². The number of hydrogen-bond acceptors (Lipinski definition) is 3. The van der Waals surface area contributed by atoms with E-state index in [1.54, 1.807) is 6.07 Å². The SMILES string of the molecule is CN(Cc1ccccc1)Cc1cc([N+](=O)[O-])ccc1Cl. The van der Waals surface area contributed by atoms with Gasteiger partial charge in [-0.25, -0.2) is 0 Å². The van der Waals surface area contributed by atoms with Crippen LogP contribution in [0.4, 0.5) is 5.69 Å². The molecule has 5 heteroatoms. The third-order valence-corrected chi connectivity index (χ3v) is 3.34. The summed E-state index contributed by atoms with van der Waals surface area (Å²) in [5.74, 6) is 0. The van der Waals surface area contributed by atoms with Crippen LogP contribution < -0.4 is 0 Å². The molecule has 0 radical (unpaired) electrons. The summed E-state index contributed by atoms with van der Waals surface area (Å²) in [4.78, 5) is 12.5. The second-order valence-corrected chi connectivity index (χ2v) is 5.10. The molecule has 104 valence electrons. The maximum absolute atomic E-state index is 10.8. The smallest absolute Gasteiger partial charge is 0.269 e. The van der Waals surface area contributed by atoms with Crippen LogP contribution in [-0.2, 0) is 13.1 Å². The van der Waals surface area contributed by atoms with Crippen LogP contribution in [0.5, 0.6) is 0 Å². The molecule has 0 N–H and O–H groups in total. The average Bonchev–Trinajstić information content (AvgIpc) is 2.42. The van der Waals surface area contributed by atoms with E-state index in [-0.39, 0.29) is 5.69 Å². The van der Waals surface area contributed by atoms with Gasteiger partial charge in [-0.1, -0.05) is 41.9 Å². The molecule has 0 heterocycles. The van der Waals surface area contributed by atoms with Gasteiger partial charge in [0.15, 0.2) is 0 Å². The molecule has 0 atom stereocenters. The van der Waals surface area contributed by atoms with Crippen LogP contribution in [0.25, 0.3) is 0 Å². The Kier molecular flexibility index (Phi) is 4.71. The molecule has 2 aromatic rings. The lowest BCUT2D eigenvalue weighted by Gasteiger charge is -2.17. The highest BCUT2D eigenvalue weighted by atomic mass is 35.5. The minimum absolute atomic E-state index is 0.0671.